The number of halogens is 3. The fourth-order valence-corrected chi connectivity index (χ4v) is 2.38. The van der Waals surface area contributed by atoms with Gasteiger partial charge in [-0.25, -0.2) is 0 Å². The van der Waals surface area contributed by atoms with Gasteiger partial charge in [-0.1, -0.05) is 37.3 Å². The smallest absolute Gasteiger partial charge is 0.366 e. The normalized spacial score (nSPS) is 21.4. The summed E-state index contributed by atoms with van der Waals surface area (Å²) in [7, 11) is 0. The first kappa shape index (κ1) is 16.8. The second-order valence-corrected chi connectivity index (χ2v) is 5.15. The molecular formula is C15H19F3N2O2. The van der Waals surface area contributed by atoms with Gasteiger partial charge >= 0.3 is 6.18 Å². The fourth-order valence-electron chi connectivity index (χ4n) is 2.38. The lowest BCUT2D eigenvalue weighted by Gasteiger charge is -2.32. The number of benzene rings is 1. The van der Waals surface area contributed by atoms with Crippen LogP contribution in [0, 0.1) is 0 Å². The number of nitrogens with one attached hydrogen (secondary N) is 1. The van der Waals surface area contributed by atoms with E-state index in [-0.39, 0.29) is 5.56 Å². The molecule has 0 saturated carbocycles. The van der Waals surface area contributed by atoms with Crippen LogP contribution in [0.25, 0.3) is 0 Å². The minimum Gasteiger partial charge on any atom is -0.366 e. The zero-order valence-corrected chi connectivity index (χ0v) is 12.3. The third-order valence-electron chi connectivity index (χ3n) is 3.64. The zero-order chi connectivity index (χ0) is 16.2. The second kappa shape index (κ2) is 7.11. The van der Waals surface area contributed by atoms with Crippen LogP contribution in [0.4, 0.5) is 13.2 Å². The van der Waals surface area contributed by atoms with E-state index in [4.69, 9.17) is 4.74 Å². The largest absolute Gasteiger partial charge is 0.412 e. The summed E-state index contributed by atoms with van der Waals surface area (Å²) in [6.45, 7) is 3.99. The number of nitrogens with zero attached hydrogens (tertiary/aromatic N) is 1. The van der Waals surface area contributed by atoms with Gasteiger partial charge in [0.15, 0.2) is 6.04 Å². The van der Waals surface area contributed by atoms with Crippen LogP contribution in [-0.4, -0.2) is 49.3 Å². The summed E-state index contributed by atoms with van der Waals surface area (Å²) in [5, 5.41) is 2.07. The molecule has 0 aromatic heterocycles. The molecule has 1 aliphatic heterocycles. The van der Waals surface area contributed by atoms with E-state index in [2.05, 4.69) is 5.32 Å². The Labute approximate surface area is 127 Å². The molecule has 2 atom stereocenters. The first-order chi connectivity index (χ1) is 10.4. The van der Waals surface area contributed by atoms with Crippen LogP contribution >= 0.6 is 0 Å². The van der Waals surface area contributed by atoms with E-state index < -0.39 is 24.2 Å². The molecule has 1 amide bonds. The lowest BCUT2D eigenvalue weighted by atomic mass is 10.1. The van der Waals surface area contributed by atoms with Crippen LogP contribution in [0.2, 0.25) is 0 Å². The van der Waals surface area contributed by atoms with E-state index >= 15 is 0 Å². The van der Waals surface area contributed by atoms with Crippen molar-refractivity contribution in [2.45, 2.75) is 25.2 Å². The molecular weight excluding hydrogens is 297 g/mol. The lowest BCUT2D eigenvalue weighted by molar-refractivity contribution is -0.168. The number of morpholine rings is 1. The Morgan fingerprint density at radius 2 is 2.09 bits per heavy atom. The van der Waals surface area contributed by atoms with Crippen molar-refractivity contribution in [3.63, 3.8) is 0 Å². The van der Waals surface area contributed by atoms with Crippen LogP contribution in [0.1, 0.15) is 18.5 Å². The van der Waals surface area contributed by atoms with Gasteiger partial charge in [-0.05, 0) is 12.1 Å². The van der Waals surface area contributed by atoms with Gasteiger partial charge in [0.1, 0.15) is 6.10 Å². The average Bonchev–Trinajstić information content (AvgIpc) is 2.52. The molecule has 1 saturated heterocycles. The van der Waals surface area contributed by atoms with Crippen LogP contribution in [0.5, 0.6) is 0 Å². The Kier molecular flexibility index (Phi) is 5.42. The van der Waals surface area contributed by atoms with E-state index in [1.807, 2.05) is 11.8 Å². The van der Waals surface area contributed by atoms with Crippen LogP contribution < -0.4 is 5.32 Å². The summed E-state index contributed by atoms with van der Waals surface area (Å²) in [4.78, 5) is 14.1. The monoisotopic (exact) mass is 316 g/mol. The molecule has 0 spiro atoms. The molecule has 1 aliphatic rings. The minimum atomic E-state index is -4.56. The van der Waals surface area contributed by atoms with Crippen molar-refractivity contribution in [3.05, 3.63) is 35.9 Å². The molecule has 1 aromatic rings. The molecule has 4 nitrogen and oxygen atoms in total. The molecule has 7 heteroatoms. The van der Waals surface area contributed by atoms with Crippen LogP contribution in [0.3, 0.4) is 0 Å². The van der Waals surface area contributed by atoms with Crippen molar-refractivity contribution in [3.8, 4) is 0 Å². The molecule has 0 aliphatic carbocycles. The number of amides is 1. The molecule has 0 bridgehead atoms. The third kappa shape index (κ3) is 4.20. The maximum Gasteiger partial charge on any atom is 0.412 e. The number of carbonyl (C=O) groups excluding carboxylic acids is 1. The molecule has 122 valence electrons. The minimum absolute atomic E-state index is 0.00603. The van der Waals surface area contributed by atoms with Gasteiger partial charge < -0.3 is 10.1 Å². The molecule has 0 unspecified atom stereocenters. The second-order valence-electron chi connectivity index (χ2n) is 5.15. The summed E-state index contributed by atoms with van der Waals surface area (Å²) in [6, 6.07) is 5.31. The molecule has 2 rings (SSSR count). The standard InChI is InChI=1S/C15H19F3N2O2/c1-2-20-8-9-22-12(10-20)14(21)19-13(15(16,17)18)11-6-4-3-5-7-11/h3-7,12-13H,2,8-10H2,1H3,(H,19,21)/t12-,13+/m1/s1. The van der Waals surface area contributed by atoms with Gasteiger partial charge in [-0.3, -0.25) is 9.69 Å². The predicted octanol–water partition coefficient (Wildman–Crippen LogP) is 2.13. The summed E-state index contributed by atoms with van der Waals surface area (Å²) >= 11 is 0. The van der Waals surface area contributed by atoms with Gasteiger partial charge in [0.25, 0.3) is 5.91 Å². The molecule has 1 aromatic carbocycles. The highest BCUT2D eigenvalue weighted by Crippen LogP contribution is 2.32. The quantitative estimate of drug-likeness (QED) is 0.925. The van der Waals surface area contributed by atoms with Crippen molar-refractivity contribution in [1.82, 2.24) is 10.2 Å². The van der Waals surface area contributed by atoms with Crippen molar-refractivity contribution >= 4 is 5.91 Å². The number of carbonyl (C=O) groups is 1. The number of alkyl halides is 3. The maximum atomic E-state index is 13.2. The number of hydrogen-bond acceptors (Lipinski definition) is 3. The van der Waals surface area contributed by atoms with E-state index in [0.717, 1.165) is 6.54 Å². The number of hydrogen-bond donors (Lipinski definition) is 1. The average molecular weight is 316 g/mol. The molecule has 0 radical (unpaired) electrons. The van der Waals surface area contributed by atoms with E-state index in [9.17, 15) is 18.0 Å². The number of likely N-dealkylation sites (N-methyl/N-ethyl adjacent to an activating group) is 1. The third-order valence-corrected chi connectivity index (χ3v) is 3.64. The highest BCUT2D eigenvalue weighted by Gasteiger charge is 2.43. The number of rotatable bonds is 4. The van der Waals surface area contributed by atoms with Gasteiger partial charge in [0, 0.05) is 13.1 Å². The summed E-state index contributed by atoms with van der Waals surface area (Å²) in [5.74, 6) is -0.732. The van der Waals surface area contributed by atoms with Gasteiger partial charge in [0.2, 0.25) is 0 Å². The van der Waals surface area contributed by atoms with Gasteiger partial charge in [-0.15, -0.1) is 0 Å². The topological polar surface area (TPSA) is 41.6 Å². The summed E-state index contributed by atoms with van der Waals surface area (Å²) in [6.07, 6.45) is -5.43. The SMILES string of the molecule is CCN1CCO[C@@H](C(=O)N[C@@H](c2ccccc2)C(F)(F)F)C1. The van der Waals surface area contributed by atoms with Crippen molar-refractivity contribution < 1.29 is 22.7 Å². The Bertz CT molecular complexity index is 493. The Morgan fingerprint density at radius 1 is 1.41 bits per heavy atom. The van der Waals surface area contributed by atoms with Crippen molar-refractivity contribution in [1.29, 1.82) is 0 Å². The van der Waals surface area contributed by atoms with Crippen molar-refractivity contribution in [2.24, 2.45) is 0 Å². The van der Waals surface area contributed by atoms with Crippen LogP contribution in [-0.2, 0) is 9.53 Å². The Morgan fingerprint density at radius 3 is 2.68 bits per heavy atom. The van der Waals surface area contributed by atoms with Gasteiger partial charge in [-0.2, -0.15) is 13.2 Å². The highest BCUT2D eigenvalue weighted by atomic mass is 19.4. The van der Waals surface area contributed by atoms with Crippen molar-refractivity contribution in [2.75, 3.05) is 26.2 Å². The Hall–Kier alpha value is -1.60. The first-order valence-corrected chi connectivity index (χ1v) is 7.17. The number of ether oxygens (including phenoxy) is 1. The van der Waals surface area contributed by atoms with E-state index in [0.29, 0.717) is 19.7 Å². The first-order valence-electron chi connectivity index (χ1n) is 7.17. The zero-order valence-electron chi connectivity index (χ0n) is 12.3. The highest BCUT2D eigenvalue weighted by molar-refractivity contribution is 5.81. The van der Waals surface area contributed by atoms with Crippen LogP contribution in [0.15, 0.2) is 30.3 Å². The predicted molar refractivity (Wildman–Crippen MR) is 75.2 cm³/mol. The summed E-state index contributed by atoms with van der Waals surface area (Å²) < 4.78 is 44.9. The van der Waals surface area contributed by atoms with E-state index in [1.54, 1.807) is 6.07 Å². The lowest BCUT2D eigenvalue weighted by Crippen LogP contribution is -2.51. The van der Waals surface area contributed by atoms with Gasteiger partial charge in [0.05, 0.1) is 6.61 Å². The maximum absolute atomic E-state index is 13.2. The summed E-state index contributed by atoms with van der Waals surface area (Å²) in [5.41, 5.74) is 0.00603. The molecule has 1 fully saturated rings. The molecule has 22 heavy (non-hydrogen) atoms. The van der Waals surface area contributed by atoms with E-state index in [1.165, 1.54) is 24.3 Å². The fraction of sp³-hybridized carbons (Fsp3) is 0.533. The molecule has 1 N–H and O–H groups in total. The molecule has 1 heterocycles. The Balaban J connectivity index is 2.09.